The van der Waals surface area contributed by atoms with Crippen LogP contribution in [0.3, 0.4) is 0 Å². The van der Waals surface area contributed by atoms with Crippen LogP contribution in [-0.2, 0) is 13.0 Å². The highest BCUT2D eigenvalue weighted by atomic mass is 32.1. The number of allylic oxidation sites excluding steroid dienone is 1. The summed E-state index contributed by atoms with van der Waals surface area (Å²) in [6.45, 7) is 4.09. The van der Waals surface area contributed by atoms with Gasteiger partial charge in [-0.25, -0.2) is 0 Å². The molecule has 35 heavy (non-hydrogen) atoms. The van der Waals surface area contributed by atoms with Crippen molar-refractivity contribution in [2.75, 3.05) is 13.3 Å². The van der Waals surface area contributed by atoms with Crippen LogP contribution in [0.1, 0.15) is 31.9 Å². The highest BCUT2D eigenvalue weighted by Crippen LogP contribution is 2.44. The molecule has 0 spiro atoms. The van der Waals surface area contributed by atoms with Crippen molar-refractivity contribution < 1.29 is 14.3 Å². The predicted octanol–water partition coefficient (Wildman–Crippen LogP) is 6.73. The first-order chi connectivity index (χ1) is 17.2. The Balaban J connectivity index is 1.25. The van der Waals surface area contributed by atoms with Gasteiger partial charge in [-0.3, -0.25) is 9.69 Å². The van der Waals surface area contributed by atoms with Gasteiger partial charge in [-0.2, -0.15) is 0 Å². The van der Waals surface area contributed by atoms with Gasteiger partial charge in [0, 0.05) is 18.0 Å². The molecule has 1 aromatic heterocycles. The molecule has 0 atom stereocenters. The van der Waals surface area contributed by atoms with Crippen molar-refractivity contribution in [3.63, 3.8) is 0 Å². The number of ketones is 1. The summed E-state index contributed by atoms with van der Waals surface area (Å²) in [6, 6.07) is 24.7. The summed E-state index contributed by atoms with van der Waals surface area (Å²) in [5.41, 5.74) is 5.73. The van der Waals surface area contributed by atoms with Crippen molar-refractivity contribution in [2.45, 2.75) is 19.9 Å². The monoisotopic (exact) mass is 479 g/mol. The van der Waals surface area contributed by atoms with Crippen molar-refractivity contribution >= 4 is 23.2 Å². The minimum Gasteiger partial charge on any atom is -0.478 e. The van der Waals surface area contributed by atoms with Gasteiger partial charge in [-0.15, -0.1) is 11.3 Å². The van der Waals surface area contributed by atoms with E-state index in [4.69, 9.17) is 9.47 Å². The Morgan fingerprint density at radius 3 is 2.57 bits per heavy atom. The normalized spacial score (nSPS) is 16.0. The summed E-state index contributed by atoms with van der Waals surface area (Å²) in [4.78, 5) is 16.9. The van der Waals surface area contributed by atoms with Crippen LogP contribution in [0.25, 0.3) is 17.2 Å². The molecule has 0 unspecified atom stereocenters. The molecule has 5 heteroatoms. The molecule has 0 amide bonds. The lowest BCUT2D eigenvalue weighted by atomic mass is 9.98. The SMILES string of the molecule is Cc1cc2c(c3c1C(=O)/C(=C/c1ccc(-c4ccccc4)cc1)O3)CN(CCc1cccs1)CO2. The Hall–Kier alpha value is -3.67. The van der Waals surface area contributed by atoms with Gasteiger partial charge in [0.25, 0.3) is 0 Å². The maximum Gasteiger partial charge on any atom is 0.232 e. The highest BCUT2D eigenvalue weighted by Gasteiger charge is 2.35. The third kappa shape index (κ3) is 4.29. The minimum atomic E-state index is -0.0665. The molecular weight excluding hydrogens is 454 g/mol. The lowest BCUT2D eigenvalue weighted by Crippen LogP contribution is -2.33. The summed E-state index contributed by atoms with van der Waals surface area (Å²) < 4.78 is 12.3. The number of thiophene rings is 1. The van der Waals surface area contributed by atoms with Gasteiger partial charge in [-0.05, 0) is 59.2 Å². The number of Topliss-reactive ketones (excluding diaryl/α,β-unsaturated/α-hetero) is 1. The molecule has 0 saturated carbocycles. The van der Waals surface area contributed by atoms with Crippen LogP contribution in [0.2, 0.25) is 0 Å². The van der Waals surface area contributed by atoms with E-state index in [2.05, 4.69) is 46.7 Å². The first kappa shape index (κ1) is 21.8. The van der Waals surface area contributed by atoms with E-state index in [-0.39, 0.29) is 5.78 Å². The molecule has 174 valence electrons. The summed E-state index contributed by atoms with van der Waals surface area (Å²) in [6.07, 6.45) is 2.81. The third-order valence-corrected chi connectivity index (χ3v) is 7.49. The van der Waals surface area contributed by atoms with Crippen LogP contribution in [0.15, 0.2) is 83.9 Å². The average molecular weight is 480 g/mol. The minimum absolute atomic E-state index is 0.0665. The Labute approximate surface area is 209 Å². The van der Waals surface area contributed by atoms with E-state index in [1.807, 2.05) is 49.4 Å². The van der Waals surface area contributed by atoms with Crippen LogP contribution < -0.4 is 9.47 Å². The van der Waals surface area contributed by atoms with Gasteiger partial charge in [0.1, 0.15) is 18.2 Å². The Kier molecular flexibility index (Phi) is 5.72. The Bertz CT molecular complexity index is 1410. The number of fused-ring (bicyclic) bond motifs is 3. The maximum absolute atomic E-state index is 13.3. The summed E-state index contributed by atoms with van der Waals surface area (Å²) in [5.74, 6) is 1.76. The molecule has 0 fully saturated rings. The van der Waals surface area contributed by atoms with Gasteiger partial charge in [0.2, 0.25) is 5.78 Å². The van der Waals surface area contributed by atoms with E-state index in [9.17, 15) is 4.79 Å². The van der Waals surface area contributed by atoms with Crippen LogP contribution in [0, 0.1) is 6.92 Å². The number of aryl methyl sites for hydroxylation is 1. The second-order valence-corrected chi connectivity index (χ2v) is 9.99. The van der Waals surface area contributed by atoms with Gasteiger partial charge in [0.15, 0.2) is 5.76 Å². The lowest BCUT2D eigenvalue weighted by molar-refractivity contribution is 0.0951. The van der Waals surface area contributed by atoms with Crippen molar-refractivity contribution in [1.29, 1.82) is 0 Å². The van der Waals surface area contributed by atoms with E-state index in [0.29, 0.717) is 30.3 Å². The largest absolute Gasteiger partial charge is 0.478 e. The zero-order valence-corrected chi connectivity index (χ0v) is 20.3. The molecule has 2 aliphatic heterocycles. The van der Waals surface area contributed by atoms with E-state index >= 15 is 0 Å². The summed E-state index contributed by atoms with van der Waals surface area (Å²) in [7, 11) is 0. The zero-order valence-electron chi connectivity index (χ0n) is 19.5. The zero-order chi connectivity index (χ0) is 23.8. The van der Waals surface area contributed by atoms with Gasteiger partial charge < -0.3 is 9.47 Å². The van der Waals surface area contributed by atoms with Crippen molar-refractivity contribution in [3.8, 4) is 22.6 Å². The lowest BCUT2D eigenvalue weighted by Gasteiger charge is -2.30. The van der Waals surface area contributed by atoms with Gasteiger partial charge in [-0.1, -0.05) is 60.7 Å². The molecule has 0 radical (unpaired) electrons. The number of nitrogens with zero attached hydrogens (tertiary/aromatic N) is 1. The molecule has 4 aromatic rings. The molecule has 3 aromatic carbocycles. The fourth-order valence-electron chi connectivity index (χ4n) is 4.70. The highest BCUT2D eigenvalue weighted by molar-refractivity contribution is 7.09. The number of ether oxygens (including phenoxy) is 2. The first-order valence-corrected chi connectivity index (χ1v) is 12.7. The predicted molar refractivity (Wildman–Crippen MR) is 140 cm³/mol. The fourth-order valence-corrected chi connectivity index (χ4v) is 5.39. The van der Waals surface area contributed by atoms with Crippen molar-refractivity contribution in [3.05, 3.63) is 111 Å². The number of hydrogen-bond donors (Lipinski definition) is 0. The van der Waals surface area contributed by atoms with Crippen LogP contribution in [0.4, 0.5) is 0 Å². The molecule has 4 nitrogen and oxygen atoms in total. The summed E-state index contributed by atoms with van der Waals surface area (Å²) >= 11 is 1.78. The standard InChI is InChI=1S/C30H25NO3S/c1-20-16-26-25(18-31(19-33-26)14-13-24-8-5-15-35-24)30-28(20)29(32)27(34-30)17-21-9-11-23(12-10-21)22-6-3-2-4-7-22/h2-12,15-17H,13-14,18-19H2,1H3/b27-17-. The van der Waals surface area contributed by atoms with Crippen LogP contribution in [0.5, 0.6) is 11.5 Å². The first-order valence-electron chi connectivity index (χ1n) is 11.8. The number of carbonyl (C=O) groups is 1. The van der Waals surface area contributed by atoms with E-state index < -0.39 is 0 Å². The summed E-state index contributed by atoms with van der Waals surface area (Å²) in [5, 5.41) is 2.11. The van der Waals surface area contributed by atoms with Crippen molar-refractivity contribution in [1.82, 2.24) is 4.90 Å². The van der Waals surface area contributed by atoms with E-state index in [1.54, 1.807) is 11.3 Å². The smallest absolute Gasteiger partial charge is 0.232 e. The topological polar surface area (TPSA) is 38.8 Å². The van der Waals surface area contributed by atoms with Gasteiger partial charge >= 0.3 is 0 Å². The van der Waals surface area contributed by atoms with Crippen LogP contribution in [-0.4, -0.2) is 24.0 Å². The molecule has 0 N–H and O–H groups in total. The van der Waals surface area contributed by atoms with Crippen LogP contribution >= 0.6 is 11.3 Å². The fraction of sp³-hybridized carbons (Fsp3) is 0.167. The third-order valence-electron chi connectivity index (χ3n) is 6.56. The Morgan fingerprint density at radius 1 is 1.00 bits per heavy atom. The molecule has 0 saturated heterocycles. The number of carbonyl (C=O) groups excluding carboxylic acids is 1. The van der Waals surface area contributed by atoms with Crippen molar-refractivity contribution in [2.24, 2.45) is 0 Å². The second-order valence-electron chi connectivity index (χ2n) is 8.96. The second kappa shape index (κ2) is 9.17. The van der Waals surface area contributed by atoms with E-state index in [0.717, 1.165) is 46.5 Å². The molecule has 6 rings (SSSR count). The molecule has 2 aliphatic rings. The quantitative estimate of drug-likeness (QED) is 0.297. The molecule has 0 aliphatic carbocycles. The molecule has 3 heterocycles. The molecular formula is C30H25NO3S. The maximum atomic E-state index is 13.3. The molecule has 0 bridgehead atoms. The number of hydrogen-bond acceptors (Lipinski definition) is 5. The number of benzene rings is 3. The van der Waals surface area contributed by atoms with E-state index in [1.165, 1.54) is 4.88 Å². The van der Waals surface area contributed by atoms with Gasteiger partial charge in [0.05, 0.1) is 11.1 Å². The average Bonchev–Trinajstić information content (AvgIpc) is 3.53. The Morgan fingerprint density at radius 2 is 1.80 bits per heavy atom. The number of rotatable bonds is 5.